The molecule has 1 aliphatic rings. The Bertz CT molecular complexity index is 1470. The third kappa shape index (κ3) is 5.32. The number of para-hydroxylation sites is 1. The molecule has 4 aromatic rings. The first-order chi connectivity index (χ1) is 18.3. The molecule has 196 valence electrons. The van der Waals surface area contributed by atoms with Crippen molar-refractivity contribution in [1.82, 2.24) is 14.9 Å². The first-order valence-electron chi connectivity index (χ1n) is 11.6. The van der Waals surface area contributed by atoms with Crippen LogP contribution in [0.25, 0.3) is 10.9 Å². The summed E-state index contributed by atoms with van der Waals surface area (Å²) in [4.78, 5) is 35.2. The summed E-state index contributed by atoms with van der Waals surface area (Å²) in [7, 11) is -2.05. The fraction of sp³-hybridized carbons (Fsp3) is 0.154. The smallest absolute Gasteiger partial charge is 0.413 e. The number of hydrogen-bond acceptors (Lipinski definition) is 9. The summed E-state index contributed by atoms with van der Waals surface area (Å²) >= 11 is 0. The lowest BCUT2D eigenvalue weighted by molar-refractivity contribution is -0.00223. The lowest BCUT2D eigenvalue weighted by atomic mass is 10.1. The summed E-state index contributed by atoms with van der Waals surface area (Å²) < 4.78 is 35.4. The molecule has 0 bridgehead atoms. The van der Waals surface area contributed by atoms with Crippen molar-refractivity contribution >= 4 is 45.2 Å². The van der Waals surface area contributed by atoms with Crippen LogP contribution in [0, 0.1) is 0 Å². The summed E-state index contributed by atoms with van der Waals surface area (Å²) in [5.41, 5.74) is 1.12. The topological polar surface area (TPSA) is 146 Å². The molecule has 1 fully saturated rings. The van der Waals surface area contributed by atoms with Gasteiger partial charge in [0.25, 0.3) is 5.91 Å². The second kappa shape index (κ2) is 10.5. The Morgan fingerprint density at radius 1 is 1.00 bits per heavy atom. The number of carbonyl (C=O) groups excluding carboxylic acids is 2. The van der Waals surface area contributed by atoms with Crippen LogP contribution in [0.3, 0.4) is 0 Å². The second-order valence-corrected chi connectivity index (χ2v) is 10.2. The van der Waals surface area contributed by atoms with Gasteiger partial charge in [0.2, 0.25) is 0 Å². The number of likely N-dealkylation sites (tertiary alicyclic amines) is 1. The molecule has 5 rings (SSSR count). The van der Waals surface area contributed by atoms with E-state index < -0.39 is 23.0 Å². The van der Waals surface area contributed by atoms with Gasteiger partial charge in [-0.15, -0.1) is 0 Å². The van der Waals surface area contributed by atoms with Gasteiger partial charge in [-0.05, 0) is 36.4 Å². The Morgan fingerprint density at radius 3 is 2.55 bits per heavy atom. The standard InChI is InChI=1S/C26H25N5O6S/c1-36-21-14-18(30-38(34,35)22-8-4-6-17-7-5-13-28-24(17)22)10-11-20(21)25(32)31-15-19(16-31)37-26(33)29-23-9-2-3-12-27-23/h2-14,19,30,34-35H,15-16H2,1H3,(H,27,29,33). The molecule has 38 heavy (non-hydrogen) atoms. The predicted molar refractivity (Wildman–Crippen MR) is 144 cm³/mol. The molecule has 3 heterocycles. The van der Waals surface area contributed by atoms with E-state index in [1.807, 2.05) is 12.1 Å². The fourth-order valence-corrected chi connectivity index (χ4v) is 5.30. The fourth-order valence-electron chi connectivity index (χ4n) is 4.03. The van der Waals surface area contributed by atoms with Gasteiger partial charge in [0, 0.05) is 23.8 Å². The van der Waals surface area contributed by atoms with E-state index in [1.165, 1.54) is 18.1 Å². The van der Waals surface area contributed by atoms with Crippen molar-refractivity contribution in [2.45, 2.75) is 11.0 Å². The van der Waals surface area contributed by atoms with Gasteiger partial charge in [-0.1, -0.05) is 35.0 Å². The molecular formula is C26H25N5O6S. The van der Waals surface area contributed by atoms with E-state index in [1.54, 1.807) is 60.9 Å². The highest BCUT2D eigenvalue weighted by Gasteiger charge is 2.35. The van der Waals surface area contributed by atoms with Crippen molar-refractivity contribution in [2.24, 2.45) is 0 Å². The average Bonchev–Trinajstić information content (AvgIpc) is 2.90. The molecule has 4 N–H and O–H groups in total. The number of anilines is 2. The molecule has 2 amide bonds. The van der Waals surface area contributed by atoms with Crippen LogP contribution < -0.4 is 14.8 Å². The molecule has 2 aromatic carbocycles. The summed E-state index contributed by atoms with van der Waals surface area (Å²) in [6, 6.07) is 18.5. The Balaban J connectivity index is 1.23. The van der Waals surface area contributed by atoms with Crippen LogP contribution in [0.5, 0.6) is 5.75 Å². The number of carbonyl (C=O) groups is 2. The normalized spacial score (nSPS) is 13.9. The number of ether oxygens (including phenoxy) is 2. The van der Waals surface area contributed by atoms with E-state index in [0.29, 0.717) is 17.0 Å². The first-order valence-corrected chi connectivity index (χ1v) is 13.1. The van der Waals surface area contributed by atoms with E-state index in [-0.39, 0.29) is 35.2 Å². The van der Waals surface area contributed by atoms with Crippen molar-refractivity contribution in [1.29, 1.82) is 0 Å². The lowest BCUT2D eigenvalue weighted by Crippen LogP contribution is -2.55. The molecule has 2 aromatic heterocycles. The van der Waals surface area contributed by atoms with Gasteiger partial charge in [0.15, 0.2) is 0 Å². The number of nitrogens with one attached hydrogen (secondary N) is 2. The van der Waals surface area contributed by atoms with Crippen LogP contribution in [-0.4, -0.2) is 62.3 Å². The van der Waals surface area contributed by atoms with Crippen LogP contribution in [0.15, 0.2) is 84.0 Å². The van der Waals surface area contributed by atoms with E-state index in [0.717, 1.165) is 5.39 Å². The number of benzene rings is 2. The number of amides is 2. The predicted octanol–water partition coefficient (Wildman–Crippen LogP) is 4.85. The molecular weight excluding hydrogens is 510 g/mol. The zero-order valence-electron chi connectivity index (χ0n) is 20.3. The lowest BCUT2D eigenvalue weighted by Gasteiger charge is -2.38. The van der Waals surface area contributed by atoms with Crippen molar-refractivity contribution in [2.75, 3.05) is 30.2 Å². The monoisotopic (exact) mass is 535 g/mol. The molecule has 1 aliphatic heterocycles. The van der Waals surface area contributed by atoms with E-state index >= 15 is 0 Å². The highest BCUT2D eigenvalue weighted by Crippen LogP contribution is 2.50. The summed E-state index contributed by atoms with van der Waals surface area (Å²) in [5, 5.41) is 3.31. The summed E-state index contributed by atoms with van der Waals surface area (Å²) in [6.45, 7) is 0.457. The SMILES string of the molecule is COc1cc(NS(O)(O)c2cccc3cccnc23)ccc1C(=O)N1CC(OC(=O)Nc2ccccn2)C1. The van der Waals surface area contributed by atoms with Gasteiger partial charge in [0.1, 0.15) is 22.6 Å². The number of hydrogen-bond donors (Lipinski definition) is 4. The van der Waals surface area contributed by atoms with Crippen molar-refractivity contribution in [3.05, 3.63) is 84.7 Å². The van der Waals surface area contributed by atoms with E-state index in [4.69, 9.17) is 9.47 Å². The van der Waals surface area contributed by atoms with Crippen molar-refractivity contribution in [3.63, 3.8) is 0 Å². The molecule has 0 saturated carbocycles. The Kier molecular flexibility index (Phi) is 7.01. The van der Waals surface area contributed by atoms with Gasteiger partial charge >= 0.3 is 6.09 Å². The molecule has 0 radical (unpaired) electrons. The highest BCUT2D eigenvalue weighted by atomic mass is 32.3. The van der Waals surface area contributed by atoms with Crippen molar-refractivity contribution < 1.29 is 28.2 Å². The largest absolute Gasteiger partial charge is 0.496 e. The number of methoxy groups -OCH3 is 1. The number of rotatable bonds is 7. The number of aromatic nitrogens is 2. The number of fused-ring (bicyclic) bond motifs is 1. The maximum atomic E-state index is 13.1. The van der Waals surface area contributed by atoms with Gasteiger partial charge in [-0.2, -0.15) is 0 Å². The number of nitrogens with zero attached hydrogens (tertiary/aromatic N) is 3. The average molecular weight is 536 g/mol. The van der Waals surface area contributed by atoms with Crippen LogP contribution in [0.2, 0.25) is 0 Å². The Morgan fingerprint density at radius 2 is 1.79 bits per heavy atom. The first kappa shape index (κ1) is 25.3. The third-order valence-corrected chi connectivity index (χ3v) is 7.36. The molecule has 1 saturated heterocycles. The second-order valence-electron chi connectivity index (χ2n) is 8.47. The minimum atomic E-state index is -3.47. The van der Waals surface area contributed by atoms with E-state index in [2.05, 4.69) is 20.0 Å². The minimum Gasteiger partial charge on any atom is -0.496 e. The molecule has 0 aliphatic carbocycles. The van der Waals surface area contributed by atoms with Crippen LogP contribution in [-0.2, 0) is 4.74 Å². The van der Waals surface area contributed by atoms with Crippen LogP contribution >= 0.6 is 10.8 Å². The quantitative estimate of drug-likeness (QED) is 0.261. The summed E-state index contributed by atoms with van der Waals surface area (Å²) in [5.74, 6) is 0.322. The van der Waals surface area contributed by atoms with Gasteiger partial charge in [0.05, 0.1) is 37.0 Å². The van der Waals surface area contributed by atoms with Gasteiger partial charge < -0.3 is 14.4 Å². The molecule has 12 heteroatoms. The Hall–Kier alpha value is -4.39. The van der Waals surface area contributed by atoms with Crippen LogP contribution in [0.4, 0.5) is 16.3 Å². The van der Waals surface area contributed by atoms with Crippen molar-refractivity contribution in [3.8, 4) is 5.75 Å². The molecule has 11 nitrogen and oxygen atoms in total. The van der Waals surface area contributed by atoms with Crippen LogP contribution in [0.1, 0.15) is 10.4 Å². The minimum absolute atomic E-state index is 0.228. The molecule has 0 unspecified atom stereocenters. The summed E-state index contributed by atoms with van der Waals surface area (Å²) in [6.07, 6.45) is 2.05. The van der Waals surface area contributed by atoms with Gasteiger partial charge in [-0.25, -0.2) is 9.78 Å². The molecule has 0 atom stereocenters. The maximum Gasteiger partial charge on any atom is 0.413 e. The van der Waals surface area contributed by atoms with E-state index in [9.17, 15) is 18.7 Å². The molecule has 0 spiro atoms. The maximum absolute atomic E-state index is 13.1. The zero-order chi connectivity index (χ0) is 26.7. The Labute approximate surface area is 219 Å². The third-order valence-electron chi connectivity index (χ3n) is 5.90. The highest BCUT2D eigenvalue weighted by molar-refractivity contribution is 8.25. The van der Waals surface area contributed by atoms with Gasteiger partial charge in [-0.3, -0.25) is 28.9 Å². The zero-order valence-corrected chi connectivity index (χ0v) is 21.1. The number of pyridine rings is 2.